The Balaban J connectivity index is 3.17. The third-order valence-electron chi connectivity index (χ3n) is 1.98. The number of benzene rings is 1. The van der Waals surface area contributed by atoms with Gasteiger partial charge in [-0.3, -0.25) is 0 Å². The van der Waals surface area contributed by atoms with Crippen LogP contribution in [0.15, 0.2) is 29.2 Å². The summed E-state index contributed by atoms with van der Waals surface area (Å²) in [4.78, 5) is 11.3. The minimum Gasteiger partial charge on any atom is -0.465 e. The molecule has 1 rings (SSSR count). The summed E-state index contributed by atoms with van der Waals surface area (Å²) in [6.07, 6.45) is 0. The van der Waals surface area contributed by atoms with E-state index in [0.717, 1.165) is 0 Å². The Labute approximate surface area is 99.6 Å². The number of rotatable bonds is 5. The summed E-state index contributed by atoms with van der Waals surface area (Å²) in [6, 6.07) is 5.78. The van der Waals surface area contributed by atoms with Gasteiger partial charge in [0.15, 0.2) is 0 Å². The molecule has 0 saturated heterocycles. The first-order valence-electron chi connectivity index (χ1n) is 4.69. The molecule has 0 heterocycles. The summed E-state index contributed by atoms with van der Waals surface area (Å²) in [6.45, 7) is -0.169. The first kappa shape index (κ1) is 13.6. The average molecular weight is 259 g/mol. The van der Waals surface area contributed by atoms with Gasteiger partial charge in [0.1, 0.15) is 6.73 Å². The maximum Gasteiger partial charge on any atom is 0.339 e. The lowest BCUT2D eigenvalue weighted by Crippen LogP contribution is -2.27. The van der Waals surface area contributed by atoms with Gasteiger partial charge in [0, 0.05) is 7.11 Å². The monoisotopic (exact) mass is 259 g/mol. The molecule has 1 N–H and O–H groups in total. The zero-order valence-corrected chi connectivity index (χ0v) is 10.3. The van der Waals surface area contributed by atoms with Crippen LogP contribution in [-0.2, 0) is 19.5 Å². The van der Waals surface area contributed by atoms with E-state index in [0.29, 0.717) is 0 Å². The van der Waals surface area contributed by atoms with E-state index in [1.807, 2.05) is 0 Å². The van der Waals surface area contributed by atoms with E-state index in [9.17, 15) is 13.2 Å². The molecule has 1 aromatic carbocycles. The van der Waals surface area contributed by atoms with Crippen LogP contribution in [0.5, 0.6) is 0 Å². The fourth-order valence-electron chi connectivity index (χ4n) is 1.19. The second-order valence-corrected chi connectivity index (χ2v) is 4.80. The fourth-order valence-corrected chi connectivity index (χ4v) is 2.32. The number of hydrogen-bond acceptors (Lipinski definition) is 5. The zero-order valence-electron chi connectivity index (χ0n) is 9.47. The highest BCUT2D eigenvalue weighted by atomic mass is 32.2. The Hall–Kier alpha value is -1.44. The first-order valence-corrected chi connectivity index (χ1v) is 6.17. The van der Waals surface area contributed by atoms with Gasteiger partial charge in [-0.25, -0.2) is 13.2 Å². The molecule has 1 aromatic rings. The molecule has 0 aliphatic carbocycles. The van der Waals surface area contributed by atoms with Crippen molar-refractivity contribution < 1.29 is 22.7 Å². The number of methoxy groups -OCH3 is 2. The van der Waals surface area contributed by atoms with Crippen molar-refractivity contribution >= 4 is 16.0 Å². The lowest BCUT2D eigenvalue weighted by Gasteiger charge is -2.09. The van der Waals surface area contributed by atoms with Gasteiger partial charge in [-0.1, -0.05) is 12.1 Å². The van der Waals surface area contributed by atoms with Crippen LogP contribution < -0.4 is 4.72 Å². The van der Waals surface area contributed by atoms with Crippen LogP contribution in [0.2, 0.25) is 0 Å². The fraction of sp³-hybridized carbons (Fsp3) is 0.300. The van der Waals surface area contributed by atoms with Gasteiger partial charge >= 0.3 is 5.97 Å². The maximum absolute atomic E-state index is 11.8. The van der Waals surface area contributed by atoms with E-state index >= 15 is 0 Å². The molecule has 0 saturated carbocycles. The van der Waals surface area contributed by atoms with Crippen LogP contribution in [0.3, 0.4) is 0 Å². The van der Waals surface area contributed by atoms with E-state index in [1.165, 1.54) is 32.4 Å². The highest BCUT2D eigenvalue weighted by molar-refractivity contribution is 7.89. The molecule has 0 aliphatic heterocycles. The van der Waals surface area contributed by atoms with E-state index in [1.54, 1.807) is 6.07 Å². The SMILES string of the molecule is COCNS(=O)(=O)c1ccccc1C(=O)OC. The number of carbonyl (C=O) groups excluding carboxylic acids is 1. The third-order valence-corrected chi connectivity index (χ3v) is 3.41. The summed E-state index contributed by atoms with van der Waals surface area (Å²) in [5.41, 5.74) is -0.0152. The van der Waals surface area contributed by atoms with Crippen LogP contribution in [0.4, 0.5) is 0 Å². The Bertz CT molecular complexity index is 497. The standard InChI is InChI=1S/C10H13NO5S/c1-15-7-11-17(13,14)9-6-4-3-5-8(9)10(12)16-2/h3-6,11H,7H2,1-2H3. The van der Waals surface area contributed by atoms with Crippen molar-refractivity contribution in [3.8, 4) is 0 Å². The van der Waals surface area contributed by atoms with Gasteiger partial charge in [-0.2, -0.15) is 4.72 Å². The van der Waals surface area contributed by atoms with Gasteiger partial charge in [0.05, 0.1) is 17.6 Å². The molecule has 17 heavy (non-hydrogen) atoms. The lowest BCUT2D eigenvalue weighted by molar-refractivity contribution is 0.0596. The van der Waals surface area contributed by atoms with Gasteiger partial charge in [-0.15, -0.1) is 0 Å². The second kappa shape index (κ2) is 5.76. The van der Waals surface area contributed by atoms with Crippen molar-refractivity contribution in [3.05, 3.63) is 29.8 Å². The van der Waals surface area contributed by atoms with Crippen molar-refractivity contribution in [1.29, 1.82) is 0 Å². The second-order valence-electron chi connectivity index (χ2n) is 3.07. The topological polar surface area (TPSA) is 81.7 Å². The molecule has 0 atom stereocenters. The number of esters is 1. The van der Waals surface area contributed by atoms with Gasteiger partial charge in [0.2, 0.25) is 10.0 Å². The van der Waals surface area contributed by atoms with E-state index in [-0.39, 0.29) is 17.2 Å². The Kier molecular flexibility index (Phi) is 4.62. The highest BCUT2D eigenvalue weighted by Gasteiger charge is 2.21. The predicted molar refractivity (Wildman–Crippen MR) is 60.0 cm³/mol. The molecule has 0 unspecified atom stereocenters. The number of ether oxygens (including phenoxy) is 2. The quantitative estimate of drug-likeness (QED) is 0.609. The average Bonchev–Trinajstić information content (AvgIpc) is 2.35. The molecule has 0 aliphatic rings. The van der Waals surface area contributed by atoms with E-state index < -0.39 is 16.0 Å². The lowest BCUT2D eigenvalue weighted by atomic mass is 10.2. The van der Waals surface area contributed by atoms with Crippen molar-refractivity contribution in [1.82, 2.24) is 4.72 Å². The number of hydrogen-bond donors (Lipinski definition) is 1. The molecule has 0 radical (unpaired) electrons. The summed E-state index contributed by atoms with van der Waals surface area (Å²) >= 11 is 0. The largest absolute Gasteiger partial charge is 0.465 e. The van der Waals surface area contributed by atoms with Crippen LogP contribution in [0.25, 0.3) is 0 Å². The van der Waals surface area contributed by atoms with Crippen molar-refractivity contribution in [2.45, 2.75) is 4.90 Å². The molecule has 0 fully saturated rings. The molecule has 0 aromatic heterocycles. The summed E-state index contributed by atoms with van der Waals surface area (Å²) in [5, 5.41) is 0. The van der Waals surface area contributed by atoms with Crippen LogP contribution in [0, 0.1) is 0 Å². The smallest absolute Gasteiger partial charge is 0.339 e. The third kappa shape index (κ3) is 3.26. The summed E-state index contributed by atoms with van der Waals surface area (Å²) in [5.74, 6) is -0.705. The van der Waals surface area contributed by atoms with Crippen LogP contribution >= 0.6 is 0 Å². The van der Waals surface area contributed by atoms with E-state index in [2.05, 4.69) is 14.2 Å². The highest BCUT2D eigenvalue weighted by Crippen LogP contribution is 2.15. The molecule has 0 bridgehead atoms. The minimum atomic E-state index is -3.78. The molecule has 0 spiro atoms. The number of nitrogens with one attached hydrogen (secondary N) is 1. The van der Waals surface area contributed by atoms with Gasteiger partial charge in [-0.05, 0) is 12.1 Å². The first-order chi connectivity index (χ1) is 8.03. The molecular weight excluding hydrogens is 246 g/mol. The molecule has 94 valence electrons. The molecular formula is C10H13NO5S. The number of carbonyl (C=O) groups is 1. The molecule has 6 nitrogen and oxygen atoms in total. The maximum atomic E-state index is 11.8. The Morgan fingerprint density at radius 1 is 1.29 bits per heavy atom. The van der Waals surface area contributed by atoms with Gasteiger partial charge in [0.25, 0.3) is 0 Å². The van der Waals surface area contributed by atoms with E-state index in [4.69, 9.17) is 0 Å². The Morgan fingerprint density at radius 3 is 2.53 bits per heavy atom. The predicted octanol–water partition coefficient (Wildman–Crippen LogP) is 0.355. The summed E-state index contributed by atoms with van der Waals surface area (Å²) in [7, 11) is -1.24. The van der Waals surface area contributed by atoms with Gasteiger partial charge < -0.3 is 9.47 Å². The van der Waals surface area contributed by atoms with Crippen molar-refractivity contribution in [2.24, 2.45) is 0 Å². The molecule has 0 amide bonds. The normalized spacial score (nSPS) is 11.2. The van der Waals surface area contributed by atoms with Crippen LogP contribution in [0.1, 0.15) is 10.4 Å². The number of sulfonamides is 1. The van der Waals surface area contributed by atoms with Crippen molar-refractivity contribution in [3.63, 3.8) is 0 Å². The van der Waals surface area contributed by atoms with Crippen molar-refractivity contribution in [2.75, 3.05) is 21.0 Å². The van der Waals surface area contributed by atoms with Crippen LogP contribution in [-0.4, -0.2) is 35.3 Å². The molecule has 7 heteroatoms. The minimum absolute atomic E-state index is 0.0152. The summed E-state index contributed by atoms with van der Waals surface area (Å²) < 4.78 is 35.0. The Morgan fingerprint density at radius 2 is 1.94 bits per heavy atom. The zero-order chi connectivity index (χ0) is 12.9.